The molecule has 0 aliphatic carbocycles. The van der Waals surface area contributed by atoms with Gasteiger partial charge in [-0.25, -0.2) is 4.98 Å². The molecule has 1 saturated heterocycles. The molecule has 0 spiro atoms. The number of morpholine rings is 1. The van der Waals surface area contributed by atoms with Crippen LogP contribution < -0.4 is 5.32 Å². The van der Waals surface area contributed by atoms with Crippen LogP contribution in [0.25, 0.3) is 6.08 Å². The molecule has 0 radical (unpaired) electrons. The smallest absolute Gasteiger partial charge is 0.249 e. The van der Waals surface area contributed by atoms with Gasteiger partial charge in [-0.2, -0.15) is 0 Å². The van der Waals surface area contributed by atoms with Gasteiger partial charge in [0.2, 0.25) is 5.91 Å². The molecule has 0 bridgehead atoms. The predicted molar refractivity (Wildman–Crippen MR) is 91.9 cm³/mol. The van der Waals surface area contributed by atoms with E-state index in [1.807, 2.05) is 22.9 Å². The van der Waals surface area contributed by atoms with Crippen LogP contribution in [0.5, 0.6) is 0 Å². The Bertz CT molecular complexity index is 694. The summed E-state index contributed by atoms with van der Waals surface area (Å²) in [6, 6.07) is 8.15. The average molecular weight is 376 g/mol. The highest BCUT2D eigenvalue weighted by Gasteiger charge is 2.23. The van der Waals surface area contributed by atoms with Gasteiger partial charge in [-0.05, 0) is 17.7 Å². The minimum absolute atomic E-state index is 0.0547. The van der Waals surface area contributed by atoms with Gasteiger partial charge in [0.15, 0.2) is 0 Å². The fourth-order valence-electron chi connectivity index (χ4n) is 2.40. The molecule has 1 aromatic heterocycles. The van der Waals surface area contributed by atoms with E-state index in [1.165, 1.54) is 0 Å². The second kappa shape index (κ2) is 7.57. The van der Waals surface area contributed by atoms with E-state index in [2.05, 4.69) is 50.5 Å². The number of aromatic nitrogens is 2. The van der Waals surface area contributed by atoms with Crippen LogP contribution >= 0.6 is 15.9 Å². The lowest BCUT2D eigenvalue weighted by Crippen LogP contribution is -2.45. The van der Waals surface area contributed by atoms with Crippen LogP contribution in [0.4, 0.5) is 0 Å². The minimum atomic E-state index is -0.426. The van der Waals surface area contributed by atoms with Crippen LogP contribution in [-0.4, -0.2) is 34.7 Å². The summed E-state index contributed by atoms with van der Waals surface area (Å²) in [6.07, 6.45) is 7.97. The van der Waals surface area contributed by atoms with E-state index >= 15 is 0 Å². The first-order valence-electron chi connectivity index (χ1n) is 7.53. The van der Waals surface area contributed by atoms with E-state index in [0.717, 1.165) is 22.3 Å². The van der Waals surface area contributed by atoms with Crippen molar-refractivity contribution >= 4 is 27.9 Å². The number of amides is 1. The first-order chi connectivity index (χ1) is 11.2. The summed E-state index contributed by atoms with van der Waals surface area (Å²) < 4.78 is 8.54. The number of nitrogens with one attached hydrogen (secondary N) is 1. The van der Waals surface area contributed by atoms with E-state index in [0.29, 0.717) is 19.6 Å². The minimum Gasteiger partial charge on any atom is -0.366 e. The van der Waals surface area contributed by atoms with Crippen LogP contribution in [0.3, 0.4) is 0 Å². The summed E-state index contributed by atoms with van der Waals surface area (Å²) in [6.45, 7) is 1.89. The van der Waals surface area contributed by atoms with Gasteiger partial charge in [-0.3, -0.25) is 4.79 Å². The second-order valence-corrected chi connectivity index (χ2v) is 6.29. The van der Waals surface area contributed by atoms with Gasteiger partial charge in [0.25, 0.3) is 0 Å². The maximum absolute atomic E-state index is 11.7. The zero-order valence-corrected chi connectivity index (χ0v) is 14.2. The van der Waals surface area contributed by atoms with Gasteiger partial charge in [0.05, 0.1) is 18.6 Å². The van der Waals surface area contributed by atoms with Gasteiger partial charge in [0, 0.05) is 30.2 Å². The number of carbonyl (C=O) groups excluding carboxylic acids is 1. The predicted octanol–water partition coefficient (Wildman–Crippen LogP) is 2.42. The molecule has 2 aromatic rings. The zero-order chi connectivity index (χ0) is 16.1. The molecular weight excluding hydrogens is 358 g/mol. The highest BCUT2D eigenvalue weighted by molar-refractivity contribution is 9.10. The van der Waals surface area contributed by atoms with Crippen molar-refractivity contribution in [2.45, 2.75) is 19.1 Å². The molecule has 1 aliphatic heterocycles. The molecule has 0 saturated carbocycles. The topological polar surface area (TPSA) is 56.1 Å². The molecule has 2 heterocycles. The lowest BCUT2D eigenvalue weighted by atomic mass is 10.2. The third-order valence-corrected chi connectivity index (χ3v) is 4.12. The average Bonchev–Trinajstić information content (AvgIpc) is 2.99. The van der Waals surface area contributed by atoms with Crippen LogP contribution in [0, 0.1) is 0 Å². The summed E-state index contributed by atoms with van der Waals surface area (Å²) >= 11 is 3.42. The first kappa shape index (κ1) is 16.0. The van der Waals surface area contributed by atoms with Crippen molar-refractivity contribution in [2.24, 2.45) is 0 Å². The quantitative estimate of drug-likeness (QED) is 0.872. The maximum atomic E-state index is 11.7. The zero-order valence-electron chi connectivity index (χ0n) is 12.6. The maximum Gasteiger partial charge on any atom is 0.249 e. The molecular formula is C17H18BrN3O2. The summed E-state index contributed by atoms with van der Waals surface area (Å²) in [4.78, 5) is 16.0. The number of hydrogen-bond donors (Lipinski definition) is 1. The van der Waals surface area contributed by atoms with Crippen molar-refractivity contribution in [3.05, 3.63) is 58.6 Å². The Morgan fingerprint density at radius 1 is 1.39 bits per heavy atom. The third kappa shape index (κ3) is 4.53. The SMILES string of the molecule is O=C1NCCOC1Cc1cn(CC=Cc2ccc(Br)cc2)cn1. The number of benzene rings is 1. The van der Waals surface area contributed by atoms with Crippen LogP contribution in [0.2, 0.25) is 0 Å². The Labute approximate surface area is 143 Å². The highest BCUT2D eigenvalue weighted by Crippen LogP contribution is 2.12. The standard InChI is InChI=1S/C17H18BrN3O2/c18-14-5-3-13(4-6-14)2-1-8-21-11-15(20-12-21)10-16-17(22)19-7-9-23-16/h1-6,11-12,16H,7-10H2,(H,19,22). The van der Waals surface area contributed by atoms with E-state index in [9.17, 15) is 4.79 Å². The highest BCUT2D eigenvalue weighted by atomic mass is 79.9. The summed E-state index contributed by atoms with van der Waals surface area (Å²) in [5, 5.41) is 2.80. The van der Waals surface area contributed by atoms with Gasteiger partial charge < -0.3 is 14.6 Å². The van der Waals surface area contributed by atoms with Crippen LogP contribution in [-0.2, 0) is 22.5 Å². The molecule has 3 rings (SSSR count). The van der Waals surface area contributed by atoms with Crippen LogP contribution in [0.1, 0.15) is 11.3 Å². The molecule has 6 heteroatoms. The molecule has 1 aromatic carbocycles. The van der Waals surface area contributed by atoms with E-state index in [-0.39, 0.29) is 5.91 Å². The molecule has 1 aliphatic rings. The lowest BCUT2D eigenvalue weighted by Gasteiger charge is -2.21. The van der Waals surface area contributed by atoms with Crippen molar-refractivity contribution in [3.63, 3.8) is 0 Å². The molecule has 1 fully saturated rings. The van der Waals surface area contributed by atoms with Crippen molar-refractivity contribution in [1.29, 1.82) is 0 Å². The number of hydrogen-bond acceptors (Lipinski definition) is 3. The van der Waals surface area contributed by atoms with E-state index in [1.54, 1.807) is 6.33 Å². The fourth-order valence-corrected chi connectivity index (χ4v) is 2.67. The van der Waals surface area contributed by atoms with E-state index < -0.39 is 6.10 Å². The van der Waals surface area contributed by atoms with Gasteiger partial charge >= 0.3 is 0 Å². The largest absolute Gasteiger partial charge is 0.366 e. The number of imidazole rings is 1. The summed E-state index contributed by atoms with van der Waals surface area (Å²) in [5.74, 6) is -0.0547. The Kier molecular flexibility index (Phi) is 5.25. The third-order valence-electron chi connectivity index (χ3n) is 3.59. The van der Waals surface area contributed by atoms with Gasteiger partial charge in [0.1, 0.15) is 6.10 Å². The van der Waals surface area contributed by atoms with Gasteiger partial charge in [-0.1, -0.05) is 40.2 Å². The van der Waals surface area contributed by atoms with Crippen molar-refractivity contribution in [3.8, 4) is 0 Å². The number of ether oxygens (including phenoxy) is 1. The van der Waals surface area contributed by atoms with Crippen molar-refractivity contribution < 1.29 is 9.53 Å². The fraction of sp³-hybridized carbons (Fsp3) is 0.294. The second-order valence-electron chi connectivity index (χ2n) is 5.37. The number of halogens is 1. The van der Waals surface area contributed by atoms with Gasteiger partial charge in [-0.15, -0.1) is 0 Å². The summed E-state index contributed by atoms with van der Waals surface area (Å²) in [7, 11) is 0. The molecule has 1 unspecified atom stereocenters. The normalized spacial score (nSPS) is 18.3. The Balaban J connectivity index is 1.54. The Hall–Kier alpha value is -1.92. The Morgan fingerprint density at radius 2 is 2.22 bits per heavy atom. The Morgan fingerprint density at radius 3 is 3.00 bits per heavy atom. The summed E-state index contributed by atoms with van der Waals surface area (Å²) in [5.41, 5.74) is 2.02. The van der Waals surface area contributed by atoms with E-state index in [4.69, 9.17) is 4.74 Å². The number of allylic oxidation sites excluding steroid dienone is 1. The molecule has 1 N–H and O–H groups in total. The monoisotopic (exact) mass is 375 g/mol. The number of rotatable bonds is 5. The molecule has 5 nitrogen and oxygen atoms in total. The molecule has 1 atom stereocenters. The van der Waals surface area contributed by atoms with Crippen molar-refractivity contribution in [2.75, 3.05) is 13.2 Å². The molecule has 120 valence electrons. The van der Waals surface area contributed by atoms with Crippen LogP contribution in [0.15, 0.2) is 47.3 Å². The molecule has 1 amide bonds. The first-order valence-corrected chi connectivity index (χ1v) is 8.32. The molecule has 23 heavy (non-hydrogen) atoms. The lowest BCUT2D eigenvalue weighted by molar-refractivity contribution is -0.137. The number of nitrogens with zero attached hydrogens (tertiary/aromatic N) is 2. The van der Waals surface area contributed by atoms with Crippen molar-refractivity contribution in [1.82, 2.24) is 14.9 Å². The number of carbonyl (C=O) groups is 1.